The Hall–Kier alpha value is -3.99. The second kappa shape index (κ2) is 7.61. The number of aromatic nitrogens is 6. The molecule has 0 aliphatic rings. The fourth-order valence-electron chi connectivity index (χ4n) is 3.32. The fourth-order valence-corrected chi connectivity index (χ4v) is 4.39. The van der Waals surface area contributed by atoms with Crippen LogP contribution in [0.25, 0.3) is 21.6 Å². The molecule has 1 amide bonds. The molecule has 0 aliphatic heterocycles. The number of nitrogens with zero attached hydrogens (tertiary/aromatic N) is 6. The number of aryl methyl sites for hydroxylation is 2. The van der Waals surface area contributed by atoms with Gasteiger partial charge < -0.3 is 5.32 Å². The first-order valence-electron chi connectivity index (χ1n) is 9.52. The number of thiophene rings is 1. The van der Waals surface area contributed by atoms with Crippen LogP contribution in [0.4, 0.5) is 14.5 Å². The normalized spacial score (nSPS) is 11.2. The Morgan fingerprint density at radius 2 is 1.81 bits per heavy atom. The quantitative estimate of drug-likeness (QED) is 0.442. The number of hydrogen-bond donors (Lipinski definition) is 1. The molecule has 32 heavy (non-hydrogen) atoms. The predicted octanol–water partition coefficient (Wildman–Crippen LogP) is 4.21. The van der Waals surface area contributed by atoms with Gasteiger partial charge in [0.25, 0.3) is 5.91 Å². The number of anilines is 1. The van der Waals surface area contributed by atoms with Crippen molar-refractivity contribution in [3.8, 4) is 11.4 Å². The number of carbonyl (C=O) groups excluding carboxylic acids is 1. The summed E-state index contributed by atoms with van der Waals surface area (Å²) in [5, 5.41) is 19.2. The zero-order chi connectivity index (χ0) is 22.4. The Kier molecular flexibility index (Phi) is 4.74. The zero-order valence-electron chi connectivity index (χ0n) is 16.9. The van der Waals surface area contributed by atoms with Crippen LogP contribution in [0.5, 0.6) is 0 Å². The minimum absolute atomic E-state index is 0.129. The molecule has 0 radical (unpaired) electrons. The van der Waals surface area contributed by atoms with E-state index in [9.17, 15) is 13.6 Å². The number of amides is 1. The lowest BCUT2D eigenvalue weighted by molar-refractivity contribution is 0.103. The molecule has 0 saturated carbocycles. The van der Waals surface area contributed by atoms with E-state index in [1.807, 2.05) is 6.92 Å². The Morgan fingerprint density at radius 3 is 2.53 bits per heavy atom. The third kappa shape index (κ3) is 3.42. The SMILES string of the molecule is Cc1nn(-c2ccc(F)cc2)c2sc(C(=O)Nc3ccc(F)c(-n4nnnc4C)c3)cc12. The second-order valence-electron chi connectivity index (χ2n) is 7.06. The summed E-state index contributed by atoms with van der Waals surface area (Å²) in [5.41, 5.74) is 1.97. The van der Waals surface area contributed by atoms with Gasteiger partial charge in [-0.25, -0.2) is 13.5 Å². The molecule has 0 bridgehead atoms. The maximum absolute atomic E-state index is 14.3. The van der Waals surface area contributed by atoms with Crippen LogP contribution in [0.1, 0.15) is 21.2 Å². The number of carbonyl (C=O) groups is 1. The lowest BCUT2D eigenvalue weighted by atomic mass is 10.2. The molecule has 0 saturated heterocycles. The molecule has 11 heteroatoms. The van der Waals surface area contributed by atoms with Crippen molar-refractivity contribution < 1.29 is 13.6 Å². The molecular formula is C21H15F2N7OS. The van der Waals surface area contributed by atoms with E-state index in [0.29, 0.717) is 22.1 Å². The third-order valence-electron chi connectivity index (χ3n) is 4.90. The van der Waals surface area contributed by atoms with E-state index in [2.05, 4.69) is 25.9 Å². The van der Waals surface area contributed by atoms with Crippen molar-refractivity contribution >= 4 is 33.1 Å². The summed E-state index contributed by atoms with van der Waals surface area (Å²) in [6, 6.07) is 11.9. The van der Waals surface area contributed by atoms with Gasteiger partial charge in [0.2, 0.25) is 0 Å². The second-order valence-corrected chi connectivity index (χ2v) is 8.09. The van der Waals surface area contributed by atoms with Crippen LogP contribution >= 0.6 is 11.3 Å². The molecule has 1 N–H and O–H groups in total. The highest BCUT2D eigenvalue weighted by molar-refractivity contribution is 7.20. The minimum Gasteiger partial charge on any atom is -0.321 e. The summed E-state index contributed by atoms with van der Waals surface area (Å²) >= 11 is 1.26. The zero-order valence-corrected chi connectivity index (χ0v) is 17.7. The third-order valence-corrected chi connectivity index (χ3v) is 6.01. The van der Waals surface area contributed by atoms with Gasteiger partial charge in [0.05, 0.1) is 16.3 Å². The van der Waals surface area contributed by atoms with Crippen molar-refractivity contribution in [2.75, 3.05) is 5.32 Å². The minimum atomic E-state index is -0.518. The molecule has 8 nitrogen and oxygen atoms in total. The topological polar surface area (TPSA) is 90.5 Å². The van der Waals surface area contributed by atoms with Crippen LogP contribution in [0, 0.1) is 25.5 Å². The van der Waals surface area contributed by atoms with E-state index in [0.717, 1.165) is 15.9 Å². The van der Waals surface area contributed by atoms with Gasteiger partial charge in [0.1, 0.15) is 22.2 Å². The summed E-state index contributed by atoms with van der Waals surface area (Å²) in [6.07, 6.45) is 0. The summed E-state index contributed by atoms with van der Waals surface area (Å²) in [7, 11) is 0. The van der Waals surface area contributed by atoms with Gasteiger partial charge in [0, 0.05) is 11.1 Å². The van der Waals surface area contributed by atoms with E-state index in [-0.39, 0.29) is 17.4 Å². The standard InChI is InChI=1S/C21H15F2N7OS/c1-11-16-10-19(32-21(16)30(26-11)15-6-3-13(22)4-7-15)20(31)24-14-5-8-17(23)18(9-14)29-12(2)25-27-28-29/h3-10H,1-2H3,(H,24,31). The number of nitrogens with one attached hydrogen (secondary N) is 1. The number of hydrogen-bond acceptors (Lipinski definition) is 6. The Morgan fingerprint density at radius 1 is 1.03 bits per heavy atom. The van der Waals surface area contributed by atoms with Crippen LogP contribution in [0.15, 0.2) is 48.5 Å². The molecule has 160 valence electrons. The van der Waals surface area contributed by atoms with Crippen LogP contribution in [-0.4, -0.2) is 35.9 Å². The largest absolute Gasteiger partial charge is 0.321 e. The average Bonchev–Trinajstić information content (AvgIpc) is 3.47. The lowest BCUT2D eigenvalue weighted by Gasteiger charge is -2.08. The van der Waals surface area contributed by atoms with E-state index in [1.54, 1.807) is 29.8 Å². The lowest BCUT2D eigenvalue weighted by Crippen LogP contribution is -2.11. The number of benzene rings is 2. The molecule has 0 atom stereocenters. The highest BCUT2D eigenvalue weighted by Crippen LogP contribution is 2.31. The van der Waals surface area contributed by atoms with Gasteiger partial charge in [-0.1, -0.05) is 0 Å². The van der Waals surface area contributed by atoms with Crippen molar-refractivity contribution in [3.63, 3.8) is 0 Å². The van der Waals surface area contributed by atoms with E-state index >= 15 is 0 Å². The molecular weight excluding hydrogens is 436 g/mol. The molecule has 0 spiro atoms. The smallest absolute Gasteiger partial charge is 0.265 e. The van der Waals surface area contributed by atoms with Crippen molar-refractivity contribution in [1.82, 2.24) is 30.0 Å². The van der Waals surface area contributed by atoms with Crippen LogP contribution in [0.3, 0.4) is 0 Å². The van der Waals surface area contributed by atoms with E-state index < -0.39 is 5.82 Å². The van der Waals surface area contributed by atoms with Crippen molar-refractivity contribution in [1.29, 1.82) is 0 Å². The van der Waals surface area contributed by atoms with Crippen LogP contribution in [0.2, 0.25) is 0 Å². The van der Waals surface area contributed by atoms with Gasteiger partial charge in [-0.3, -0.25) is 4.79 Å². The first kappa shape index (κ1) is 19.9. The molecule has 0 fully saturated rings. The molecule has 5 rings (SSSR count). The van der Waals surface area contributed by atoms with Gasteiger partial charge in [-0.2, -0.15) is 9.78 Å². The molecule has 3 heterocycles. The summed E-state index contributed by atoms with van der Waals surface area (Å²) in [4.78, 5) is 14.1. The Balaban J connectivity index is 1.47. The first-order chi connectivity index (χ1) is 15.4. The number of fused-ring (bicyclic) bond motifs is 1. The van der Waals surface area contributed by atoms with Gasteiger partial charge in [-0.15, -0.1) is 16.4 Å². The van der Waals surface area contributed by atoms with Crippen LogP contribution < -0.4 is 5.32 Å². The average molecular weight is 451 g/mol. The number of halogens is 2. The molecule has 5 aromatic rings. The molecule has 2 aromatic carbocycles. The maximum Gasteiger partial charge on any atom is 0.265 e. The molecule has 0 unspecified atom stereocenters. The fraction of sp³-hybridized carbons (Fsp3) is 0.0952. The summed E-state index contributed by atoms with van der Waals surface area (Å²) < 4.78 is 30.5. The summed E-state index contributed by atoms with van der Waals surface area (Å²) in [5.74, 6) is -0.786. The van der Waals surface area contributed by atoms with E-state index in [4.69, 9.17) is 0 Å². The van der Waals surface area contributed by atoms with Crippen LogP contribution in [-0.2, 0) is 0 Å². The van der Waals surface area contributed by atoms with Crippen molar-refractivity contribution in [2.45, 2.75) is 13.8 Å². The maximum atomic E-state index is 14.3. The molecule has 0 aliphatic carbocycles. The number of tetrazole rings is 1. The Labute approximate surface area is 184 Å². The molecule has 3 aromatic heterocycles. The van der Waals surface area contributed by atoms with Crippen molar-refractivity contribution in [3.05, 3.63) is 76.6 Å². The highest BCUT2D eigenvalue weighted by atomic mass is 32.1. The number of rotatable bonds is 4. The van der Waals surface area contributed by atoms with Gasteiger partial charge in [-0.05, 0) is 72.8 Å². The highest BCUT2D eigenvalue weighted by Gasteiger charge is 2.18. The summed E-state index contributed by atoms with van der Waals surface area (Å²) in [6.45, 7) is 3.49. The predicted molar refractivity (Wildman–Crippen MR) is 115 cm³/mol. The van der Waals surface area contributed by atoms with E-state index in [1.165, 1.54) is 46.4 Å². The first-order valence-corrected chi connectivity index (χ1v) is 10.3. The van der Waals surface area contributed by atoms with Gasteiger partial charge in [0.15, 0.2) is 5.82 Å². The van der Waals surface area contributed by atoms with Crippen molar-refractivity contribution in [2.24, 2.45) is 0 Å². The Bertz CT molecular complexity index is 1470. The van der Waals surface area contributed by atoms with Gasteiger partial charge >= 0.3 is 0 Å². The monoisotopic (exact) mass is 451 g/mol.